The zero-order chi connectivity index (χ0) is 13.8. The fourth-order valence-electron chi connectivity index (χ4n) is 1.54. The maximum atomic E-state index is 5.89. The van der Waals surface area contributed by atoms with Gasteiger partial charge in [0.05, 0.1) is 16.8 Å². The Balaban J connectivity index is 2.25. The van der Waals surface area contributed by atoms with Gasteiger partial charge in [-0.3, -0.25) is 0 Å². The topological polar surface area (TPSA) is 44.5 Å². The van der Waals surface area contributed by atoms with E-state index < -0.39 is 0 Å². The maximum Gasteiger partial charge on any atom is 0.145 e. The largest absolute Gasteiger partial charge is 0.492 e. The molecule has 0 heterocycles. The van der Waals surface area contributed by atoms with Gasteiger partial charge in [-0.1, -0.05) is 11.6 Å². The zero-order valence-electron chi connectivity index (χ0n) is 10.3. The highest BCUT2D eigenvalue weighted by molar-refractivity contribution is 9.10. The van der Waals surface area contributed by atoms with Crippen LogP contribution in [0.3, 0.4) is 0 Å². The summed E-state index contributed by atoms with van der Waals surface area (Å²) in [6.07, 6.45) is 0. The Bertz CT molecular complexity index is 590. The zero-order valence-corrected chi connectivity index (χ0v) is 12.7. The summed E-state index contributed by atoms with van der Waals surface area (Å²) in [5.74, 6) is 1.95. The van der Waals surface area contributed by atoms with Gasteiger partial charge in [0, 0.05) is 11.1 Å². The van der Waals surface area contributed by atoms with Crippen LogP contribution in [0.25, 0.3) is 0 Å². The van der Waals surface area contributed by atoms with Crippen molar-refractivity contribution in [2.75, 3.05) is 12.3 Å². The Morgan fingerprint density at radius 1 is 1.16 bits per heavy atom. The van der Waals surface area contributed by atoms with E-state index in [4.69, 9.17) is 26.8 Å². The molecule has 0 bridgehead atoms. The van der Waals surface area contributed by atoms with E-state index in [1.54, 1.807) is 36.4 Å². The van der Waals surface area contributed by atoms with Crippen LogP contribution in [0, 0.1) is 0 Å². The minimum absolute atomic E-state index is 0.554. The minimum atomic E-state index is 0.554. The summed E-state index contributed by atoms with van der Waals surface area (Å²) in [4.78, 5) is 0. The maximum absolute atomic E-state index is 5.89. The Morgan fingerprint density at radius 2 is 1.95 bits per heavy atom. The third-order valence-electron chi connectivity index (χ3n) is 2.41. The number of nitrogens with two attached hydrogens (primary N) is 1. The monoisotopic (exact) mass is 341 g/mol. The first-order chi connectivity index (χ1) is 9.10. The van der Waals surface area contributed by atoms with Gasteiger partial charge < -0.3 is 15.2 Å². The molecule has 19 heavy (non-hydrogen) atoms. The van der Waals surface area contributed by atoms with Crippen LogP contribution in [-0.2, 0) is 0 Å². The van der Waals surface area contributed by atoms with Crippen molar-refractivity contribution in [2.45, 2.75) is 6.92 Å². The van der Waals surface area contributed by atoms with Crippen molar-refractivity contribution in [2.24, 2.45) is 0 Å². The highest BCUT2D eigenvalue weighted by Crippen LogP contribution is 2.34. The lowest BCUT2D eigenvalue weighted by Crippen LogP contribution is -1.97. The van der Waals surface area contributed by atoms with Crippen LogP contribution in [0.15, 0.2) is 40.9 Å². The van der Waals surface area contributed by atoms with Gasteiger partial charge in [0.15, 0.2) is 0 Å². The van der Waals surface area contributed by atoms with E-state index >= 15 is 0 Å². The molecule has 0 unspecified atom stereocenters. The molecule has 0 fully saturated rings. The lowest BCUT2D eigenvalue weighted by Gasteiger charge is -2.11. The molecule has 0 amide bonds. The quantitative estimate of drug-likeness (QED) is 0.806. The molecule has 5 heteroatoms. The molecular formula is C14H13BrClNO2. The normalized spacial score (nSPS) is 10.3. The van der Waals surface area contributed by atoms with Gasteiger partial charge in [-0.15, -0.1) is 0 Å². The molecule has 0 radical (unpaired) electrons. The van der Waals surface area contributed by atoms with Crippen LogP contribution in [0.2, 0.25) is 5.02 Å². The molecule has 100 valence electrons. The molecule has 0 aromatic heterocycles. The summed E-state index contributed by atoms with van der Waals surface area (Å²) in [7, 11) is 0. The Kier molecular flexibility index (Phi) is 4.56. The van der Waals surface area contributed by atoms with Gasteiger partial charge in [-0.25, -0.2) is 0 Å². The molecule has 2 aromatic carbocycles. The number of benzene rings is 2. The minimum Gasteiger partial charge on any atom is -0.492 e. The van der Waals surface area contributed by atoms with Crippen LogP contribution < -0.4 is 15.2 Å². The van der Waals surface area contributed by atoms with Gasteiger partial charge in [0.2, 0.25) is 0 Å². The molecule has 0 spiro atoms. The Labute approximate surface area is 125 Å². The van der Waals surface area contributed by atoms with Gasteiger partial charge in [0.1, 0.15) is 17.2 Å². The average molecular weight is 343 g/mol. The number of ether oxygens (including phenoxy) is 2. The Hall–Kier alpha value is -1.39. The van der Waals surface area contributed by atoms with Crippen molar-refractivity contribution in [3.63, 3.8) is 0 Å². The number of hydrogen-bond donors (Lipinski definition) is 1. The van der Waals surface area contributed by atoms with Crippen LogP contribution in [0.1, 0.15) is 6.92 Å². The second-order valence-electron chi connectivity index (χ2n) is 3.81. The second kappa shape index (κ2) is 6.17. The molecule has 0 saturated heterocycles. The fraction of sp³-hybridized carbons (Fsp3) is 0.143. The number of nitrogen functional groups attached to an aromatic ring is 1. The summed E-state index contributed by atoms with van der Waals surface area (Å²) in [6, 6.07) is 10.6. The summed E-state index contributed by atoms with van der Waals surface area (Å²) < 4.78 is 12.0. The van der Waals surface area contributed by atoms with Gasteiger partial charge >= 0.3 is 0 Å². The lowest BCUT2D eigenvalue weighted by molar-refractivity contribution is 0.340. The van der Waals surface area contributed by atoms with E-state index in [1.807, 2.05) is 6.92 Å². The van der Waals surface area contributed by atoms with Crippen LogP contribution >= 0.6 is 27.5 Å². The van der Waals surface area contributed by atoms with E-state index in [1.165, 1.54) is 0 Å². The van der Waals surface area contributed by atoms with Gasteiger partial charge in [-0.2, -0.15) is 0 Å². The van der Waals surface area contributed by atoms with Crippen molar-refractivity contribution in [1.82, 2.24) is 0 Å². The first-order valence-corrected chi connectivity index (χ1v) is 6.92. The summed E-state index contributed by atoms with van der Waals surface area (Å²) in [5.41, 5.74) is 6.40. The predicted molar refractivity (Wildman–Crippen MR) is 81.2 cm³/mol. The van der Waals surface area contributed by atoms with Gasteiger partial charge in [-0.05, 0) is 53.2 Å². The van der Waals surface area contributed by atoms with Crippen molar-refractivity contribution in [3.05, 3.63) is 45.9 Å². The standard InChI is InChI=1S/C14H13BrClNO2/c1-2-18-14-8-10(4-5-12(14)17)19-13-6-3-9(16)7-11(13)15/h3-8H,2,17H2,1H3. The molecule has 0 aliphatic rings. The van der Waals surface area contributed by atoms with Crippen molar-refractivity contribution >= 4 is 33.2 Å². The fourth-order valence-corrected chi connectivity index (χ4v) is 2.31. The predicted octanol–water partition coefficient (Wildman–Crippen LogP) is 4.88. The van der Waals surface area contributed by atoms with Crippen molar-refractivity contribution < 1.29 is 9.47 Å². The molecule has 0 saturated carbocycles. The smallest absolute Gasteiger partial charge is 0.145 e. The highest BCUT2D eigenvalue weighted by atomic mass is 79.9. The lowest BCUT2D eigenvalue weighted by atomic mass is 10.2. The third kappa shape index (κ3) is 3.55. The second-order valence-corrected chi connectivity index (χ2v) is 5.10. The van der Waals surface area contributed by atoms with Crippen LogP contribution in [0.5, 0.6) is 17.2 Å². The molecule has 2 rings (SSSR count). The molecule has 2 N–H and O–H groups in total. The highest BCUT2D eigenvalue weighted by Gasteiger charge is 2.06. The molecule has 0 aliphatic carbocycles. The molecule has 3 nitrogen and oxygen atoms in total. The van der Waals surface area contributed by atoms with E-state index in [9.17, 15) is 0 Å². The van der Waals surface area contributed by atoms with Crippen molar-refractivity contribution in [3.8, 4) is 17.2 Å². The van der Waals surface area contributed by atoms with Gasteiger partial charge in [0.25, 0.3) is 0 Å². The first kappa shape index (κ1) is 14.0. The number of hydrogen-bond acceptors (Lipinski definition) is 3. The van der Waals surface area contributed by atoms with E-state index in [2.05, 4.69) is 15.9 Å². The molecule has 0 atom stereocenters. The molecule has 0 aliphatic heterocycles. The molecule has 2 aromatic rings. The average Bonchev–Trinajstić information content (AvgIpc) is 2.37. The van der Waals surface area contributed by atoms with Crippen molar-refractivity contribution in [1.29, 1.82) is 0 Å². The van der Waals surface area contributed by atoms with E-state index in [0.29, 0.717) is 34.6 Å². The number of anilines is 1. The number of halogens is 2. The summed E-state index contributed by atoms with van der Waals surface area (Å²) in [5, 5.41) is 0.645. The van der Waals surface area contributed by atoms with Crippen LogP contribution in [0.4, 0.5) is 5.69 Å². The summed E-state index contributed by atoms with van der Waals surface area (Å²) in [6.45, 7) is 2.46. The third-order valence-corrected chi connectivity index (χ3v) is 3.26. The van der Waals surface area contributed by atoms with Crippen LogP contribution in [-0.4, -0.2) is 6.61 Å². The first-order valence-electron chi connectivity index (χ1n) is 5.75. The van der Waals surface area contributed by atoms with E-state index in [0.717, 1.165) is 4.47 Å². The van der Waals surface area contributed by atoms with E-state index in [-0.39, 0.29) is 0 Å². The number of rotatable bonds is 4. The molecular weight excluding hydrogens is 330 g/mol. The summed E-state index contributed by atoms with van der Waals surface area (Å²) >= 11 is 9.29. The Morgan fingerprint density at radius 3 is 2.63 bits per heavy atom. The SMILES string of the molecule is CCOc1cc(Oc2ccc(Cl)cc2Br)ccc1N.